The van der Waals surface area contributed by atoms with Crippen LogP contribution in [0.15, 0.2) is 22.2 Å². The molecule has 1 N–H and O–H groups in total. The molecular formula is C16H22BNO5. The van der Waals surface area contributed by atoms with Crippen LogP contribution in [0, 0.1) is 0 Å². The fourth-order valence-corrected chi connectivity index (χ4v) is 2.17. The Kier molecular flexibility index (Phi) is 4.82. The van der Waals surface area contributed by atoms with Crippen LogP contribution in [0.25, 0.3) is 6.08 Å². The van der Waals surface area contributed by atoms with Gasteiger partial charge in [-0.2, -0.15) is 0 Å². The fourth-order valence-electron chi connectivity index (χ4n) is 2.17. The summed E-state index contributed by atoms with van der Waals surface area (Å²) >= 11 is 0. The van der Waals surface area contributed by atoms with Crippen molar-refractivity contribution in [2.45, 2.75) is 45.8 Å². The summed E-state index contributed by atoms with van der Waals surface area (Å²) in [5, 5.41) is 2.74. The second kappa shape index (κ2) is 6.33. The highest BCUT2D eigenvalue weighted by Gasteiger charge is 2.52. The van der Waals surface area contributed by atoms with Crippen molar-refractivity contribution in [2.75, 3.05) is 6.54 Å². The van der Waals surface area contributed by atoms with Gasteiger partial charge >= 0.3 is 7.12 Å². The Labute approximate surface area is 136 Å². The zero-order chi connectivity index (χ0) is 17.3. The smallest absolute Gasteiger partial charge is 0.461 e. The molecule has 23 heavy (non-hydrogen) atoms. The molecule has 1 fully saturated rings. The summed E-state index contributed by atoms with van der Waals surface area (Å²) in [6, 6.07) is 1.68. The number of hydrogen-bond donors (Lipinski definition) is 1. The summed E-state index contributed by atoms with van der Waals surface area (Å²) in [6.07, 6.45) is 3.84. The van der Waals surface area contributed by atoms with E-state index in [9.17, 15) is 9.59 Å². The predicted octanol–water partition coefficient (Wildman–Crippen LogP) is 2.24. The molecule has 0 unspecified atom stereocenters. The summed E-state index contributed by atoms with van der Waals surface area (Å²) in [5.74, 6) is 0.0667. The molecule has 0 bridgehead atoms. The van der Waals surface area contributed by atoms with Crippen LogP contribution in [-0.4, -0.2) is 37.1 Å². The van der Waals surface area contributed by atoms with Gasteiger partial charge in [0.05, 0.1) is 17.5 Å². The lowest BCUT2D eigenvalue weighted by Crippen LogP contribution is -2.41. The van der Waals surface area contributed by atoms with Crippen LogP contribution in [0.3, 0.4) is 0 Å². The van der Waals surface area contributed by atoms with E-state index in [0.717, 1.165) is 0 Å². The van der Waals surface area contributed by atoms with Gasteiger partial charge in [0.2, 0.25) is 5.91 Å². The number of rotatable bonds is 5. The average molecular weight is 319 g/mol. The maximum Gasteiger partial charge on any atom is 0.492 e. The minimum Gasteiger partial charge on any atom is -0.461 e. The van der Waals surface area contributed by atoms with Gasteiger partial charge in [0, 0.05) is 19.0 Å². The lowest BCUT2D eigenvalue weighted by molar-refractivity contribution is -0.118. The van der Waals surface area contributed by atoms with Gasteiger partial charge in [-0.25, -0.2) is 0 Å². The molecule has 0 spiro atoms. The van der Waals surface area contributed by atoms with E-state index in [1.807, 2.05) is 27.7 Å². The molecule has 1 saturated heterocycles. The minimum atomic E-state index is -0.610. The number of hydrogen-bond acceptors (Lipinski definition) is 5. The molecule has 6 nitrogen and oxygen atoms in total. The maximum absolute atomic E-state index is 11.2. The fraction of sp³-hybridized carbons (Fsp3) is 0.500. The first-order valence-corrected chi connectivity index (χ1v) is 7.49. The summed E-state index contributed by atoms with van der Waals surface area (Å²) < 4.78 is 17.1. The van der Waals surface area contributed by atoms with Gasteiger partial charge in [0.1, 0.15) is 0 Å². The van der Waals surface area contributed by atoms with E-state index >= 15 is 0 Å². The number of carbonyl (C=O) groups excluding carboxylic acids is 2. The first kappa shape index (κ1) is 17.5. The molecule has 1 aliphatic rings. The Bertz CT molecular complexity index is 616. The van der Waals surface area contributed by atoms with Crippen LogP contribution in [0.4, 0.5) is 0 Å². The van der Waals surface area contributed by atoms with Gasteiger partial charge in [-0.3, -0.25) is 9.59 Å². The summed E-state index contributed by atoms with van der Waals surface area (Å²) in [6.45, 7) is 9.52. The van der Waals surface area contributed by atoms with Gasteiger partial charge in [-0.05, 0) is 39.2 Å². The van der Waals surface area contributed by atoms with Crippen LogP contribution >= 0.6 is 0 Å². The predicted molar refractivity (Wildman–Crippen MR) is 86.8 cm³/mol. The first-order chi connectivity index (χ1) is 10.7. The quantitative estimate of drug-likeness (QED) is 0.665. The van der Waals surface area contributed by atoms with Gasteiger partial charge in [-0.15, -0.1) is 0 Å². The maximum atomic E-state index is 11.2. The molecule has 1 aromatic rings. The van der Waals surface area contributed by atoms with E-state index in [4.69, 9.17) is 13.7 Å². The number of nitrogens with one attached hydrogen (secondary N) is 1. The lowest BCUT2D eigenvalue weighted by atomic mass is 9.77. The normalized spacial score (nSPS) is 19.7. The molecule has 0 aliphatic carbocycles. The van der Waals surface area contributed by atoms with Crippen LogP contribution in [-0.2, 0) is 14.1 Å². The lowest BCUT2D eigenvalue weighted by Gasteiger charge is -2.32. The standard InChI is InChI=1S/C16H22BNO5/c1-11(20)18-9-13(8-12-6-7-21-14(12)10-19)17-22-15(2,3)16(4,5)23-17/h6-8,10H,9H2,1-5H3,(H,18,20). The SMILES string of the molecule is CC(=O)NCC(=Cc1ccoc1C=O)B1OC(C)(C)C(C)(C)O1. The Hall–Kier alpha value is -1.86. The summed E-state index contributed by atoms with van der Waals surface area (Å²) in [5.41, 5.74) is 0.353. The molecule has 1 aliphatic heterocycles. The van der Waals surface area contributed by atoms with E-state index in [1.54, 1.807) is 12.1 Å². The van der Waals surface area contributed by atoms with Crippen molar-refractivity contribution in [1.29, 1.82) is 0 Å². The highest BCUT2D eigenvalue weighted by atomic mass is 16.7. The molecule has 0 aromatic carbocycles. The third-order valence-electron chi connectivity index (χ3n) is 4.27. The number of aldehydes is 1. The Morgan fingerprint density at radius 1 is 1.26 bits per heavy atom. The van der Waals surface area contributed by atoms with Crippen molar-refractivity contribution in [3.63, 3.8) is 0 Å². The zero-order valence-electron chi connectivity index (χ0n) is 14.1. The van der Waals surface area contributed by atoms with E-state index in [2.05, 4.69) is 5.32 Å². The second-order valence-corrected chi connectivity index (χ2v) is 6.58. The number of carbonyl (C=O) groups is 2. The molecule has 1 amide bonds. The molecule has 2 rings (SSSR count). The summed E-state index contributed by atoms with van der Waals surface area (Å²) in [4.78, 5) is 22.3. The van der Waals surface area contributed by atoms with E-state index in [1.165, 1.54) is 13.2 Å². The van der Waals surface area contributed by atoms with E-state index < -0.39 is 18.3 Å². The Balaban J connectivity index is 2.32. The van der Waals surface area contributed by atoms with Crippen molar-refractivity contribution in [2.24, 2.45) is 0 Å². The summed E-state index contributed by atoms with van der Waals surface area (Å²) in [7, 11) is -0.610. The second-order valence-electron chi connectivity index (χ2n) is 6.58. The van der Waals surface area contributed by atoms with Gasteiger partial charge in [-0.1, -0.05) is 6.08 Å². The van der Waals surface area contributed by atoms with Crippen molar-refractivity contribution in [3.8, 4) is 0 Å². The van der Waals surface area contributed by atoms with Crippen molar-refractivity contribution in [1.82, 2.24) is 5.32 Å². The molecule has 0 atom stereocenters. The molecule has 7 heteroatoms. The van der Waals surface area contributed by atoms with Crippen LogP contribution in [0.5, 0.6) is 0 Å². The topological polar surface area (TPSA) is 77.8 Å². The Morgan fingerprint density at radius 3 is 2.39 bits per heavy atom. The zero-order valence-corrected chi connectivity index (χ0v) is 14.1. The average Bonchev–Trinajstić information content (AvgIpc) is 2.96. The third kappa shape index (κ3) is 3.73. The van der Waals surface area contributed by atoms with Crippen molar-refractivity contribution in [3.05, 3.63) is 29.1 Å². The molecule has 0 radical (unpaired) electrons. The molecule has 124 valence electrons. The van der Waals surface area contributed by atoms with Crippen LogP contribution in [0.1, 0.15) is 50.7 Å². The van der Waals surface area contributed by atoms with Gasteiger partial charge < -0.3 is 19.0 Å². The van der Waals surface area contributed by atoms with Crippen molar-refractivity contribution < 1.29 is 23.3 Å². The van der Waals surface area contributed by atoms with Gasteiger partial charge in [0.15, 0.2) is 12.0 Å². The molecular weight excluding hydrogens is 297 g/mol. The van der Waals surface area contributed by atoms with Crippen LogP contribution in [0.2, 0.25) is 0 Å². The van der Waals surface area contributed by atoms with Crippen molar-refractivity contribution >= 4 is 25.4 Å². The van der Waals surface area contributed by atoms with E-state index in [0.29, 0.717) is 17.3 Å². The largest absolute Gasteiger partial charge is 0.492 e. The molecule has 1 aromatic heterocycles. The van der Waals surface area contributed by atoms with E-state index in [-0.39, 0.29) is 18.2 Å². The highest BCUT2D eigenvalue weighted by molar-refractivity contribution is 6.56. The number of amides is 1. The van der Waals surface area contributed by atoms with Crippen LogP contribution < -0.4 is 5.32 Å². The Morgan fingerprint density at radius 2 is 1.87 bits per heavy atom. The minimum absolute atomic E-state index is 0.157. The molecule has 0 saturated carbocycles. The highest BCUT2D eigenvalue weighted by Crippen LogP contribution is 2.38. The molecule has 2 heterocycles. The third-order valence-corrected chi connectivity index (χ3v) is 4.27. The number of furan rings is 1. The monoisotopic (exact) mass is 319 g/mol. The first-order valence-electron chi connectivity index (χ1n) is 7.49. The van der Waals surface area contributed by atoms with Gasteiger partial charge in [0.25, 0.3) is 0 Å².